The van der Waals surface area contributed by atoms with Gasteiger partial charge in [0.25, 0.3) is 0 Å². The summed E-state index contributed by atoms with van der Waals surface area (Å²) in [4.78, 5) is 24.8. The number of hydrogen-bond donors (Lipinski definition) is 2. The van der Waals surface area contributed by atoms with Gasteiger partial charge in [0.05, 0.1) is 6.54 Å². The molecule has 2 saturated heterocycles. The van der Waals surface area contributed by atoms with Crippen LogP contribution in [-0.2, 0) is 11.3 Å². The normalized spacial score (nSPS) is 23.0. The van der Waals surface area contributed by atoms with Crippen LogP contribution in [0.1, 0.15) is 24.4 Å². The van der Waals surface area contributed by atoms with Crippen molar-refractivity contribution in [3.8, 4) is 0 Å². The maximum absolute atomic E-state index is 11.7. The second-order valence-corrected chi connectivity index (χ2v) is 5.47. The van der Waals surface area contributed by atoms with E-state index in [1.54, 1.807) is 0 Å². The van der Waals surface area contributed by atoms with Gasteiger partial charge < -0.3 is 10.3 Å². The molecule has 20 heavy (non-hydrogen) atoms. The molecule has 3 heterocycles. The van der Waals surface area contributed by atoms with Crippen molar-refractivity contribution in [2.75, 3.05) is 25.1 Å². The van der Waals surface area contributed by atoms with E-state index in [2.05, 4.69) is 20.3 Å². The van der Waals surface area contributed by atoms with Crippen molar-refractivity contribution >= 4 is 11.7 Å². The number of nitrogen functional groups attached to an aromatic ring is 1. The first-order valence-electron chi connectivity index (χ1n) is 6.98. The molecule has 0 spiro atoms. The Labute approximate surface area is 118 Å². The van der Waals surface area contributed by atoms with Crippen molar-refractivity contribution in [2.45, 2.75) is 32.4 Å². The van der Waals surface area contributed by atoms with Gasteiger partial charge in [-0.2, -0.15) is 0 Å². The summed E-state index contributed by atoms with van der Waals surface area (Å²) in [5.74, 6) is 7.12. The summed E-state index contributed by atoms with van der Waals surface area (Å²) >= 11 is 0. The number of hydrazine groups is 1. The average molecular weight is 276 g/mol. The molecule has 3 rings (SSSR count). The molecule has 1 unspecified atom stereocenters. The SMILES string of the molecule is Cc1cc(NN)nc(CN2CCN3C(=O)CCC3C2)n1. The molecule has 7 nitrogen and oxygen atoms in total. The summed E-state index contributed by atoms with van der Waals surface area (Å²) in [6, 6.07) is 2.19. The topological polar surface area (TPSA) is 87.4 Å². The van der Waals surface area contributed by atoms with Crippen molar-refractivity contribution in [3.63, 3.8) is 0 Å². The summed E-state index contributed by atoms with van der Waals surface area (Å²) in [6.45, 7) is 5.24. The zero-order chi connectivity index (χ0) is 14.1. The lowest BCUT2D eigenvalue weighted by Gasteiger charge is -2.37. The van der Waals surface area contributed by atoms with E-state index in [0.717, 1.165) is 37.6 Å². The van der Waals surface area contributed by atoms with E-state index in [9.17, 15) is 4.79 Å². The molecule has 0 radical (unpaired) electrons. The van der Waals surface area contributed by atoms with Crippen LogP contribution in [0.3, 0.4) is 0 Å². The van der Waals surface area contributed by atoms with Gasteiger partial charge in [-0.25, -0.2) is 15.8 Å². The van der Waals surface area contributed by atoms with Crippen LogP contribution in [0.5, 0.6) is 0 Å². The van der Waals surface area contributed by atoms with Gasteiger partial charge in [-0.05, 0) is 13.3 Å². The highest BCUT2D eigenvalue weighted by atomic mass is 16.2. The van der Waals surface area contributed by atoms with Crippen molar-refractivity contribution < 1.29 is 4.79 Å². The van der Waals surface area contributed by atoms with Crippen molar-refractivity contribution in [2.24, 2.45) is 5.84 Å². The fourth-order valence-electron chi connectivity index (χ4n) is 3.05. The van der Waals surface area contributed by atoms with Crippen LogP contribution in [0.15, 0.2) is 6.07 Å². The Kier molecular flexibility index (Phi) is 3.54. The van der Waals surface area contributed by atoms with Crippen molar-refractivity contribution in [1.29, 1.82) is 0 Å². The molecule has 0 saturated carbocycles. The number of hydrogen-bond acceptors (Lipinski definition) is 6. The largest absolute Gasteiger partial charge is 0.337 e. The van der Waals surface area contributed by atoms with Crippen LogP contribution in [-0.4, -0.2) is 51.4 Å². The summed E-state index contributed by atoms with van der Waals surface area (Å²) in [5.41, 5.74) is 3.47. The molecule has 0 aliphatic carbocycles. The standard InChI is InChI=1S/C13H20N6O/c1-9-6-11(17-14)16-12(15-9)8-18-4-5-19-10(7-18)2-3-13(19)20/h6,10H,2-5,7-8,14H2,1H3,(H,15,16,17). The zero-order valence-corrected chi connectivity index (χ0v) is 11.7. The minimum atomic E-state index is 0.302. The van der Waals surface area contributed by atoms with Gasteiger partial charge in [0.2, 0.25) is 5.91 Å². The van der Waals surface area contributed by atoms with Crippen LogP contribution in [0.4, 0.5) is 5.82 Å². The van der Waals surface area contributed by atoms with E-state index < -0.39 is 0 Å². The number of aryl methyl sites for hydroxylation is 1. The van der Waals surface area contributed by atoms with Crippen LogP contribution < -0.4 is 11.3 Å². The molecule has 0 aromatic carbocycles. The lowest BCUT2D eigenvalue weighted by molar-refractivity contribution is -0.130. The quantitative estimate of drug-likeness (QED) is 0.591. The fraction of sp³-hybridized carbons (Fsp3) is 0.615. The van der Waals surface area contributed by atoms with Crippen LogP contribution in [0.25, 0.3) is 0 Å². The van der Waals surface area contributed by atoms with Crippen LogP contribution in [0, 0.1) is 6.92 Å². The third-order valence-electron chi connectivity index (χ3n) is 3.99. The Bertz CT molecular complexity index is 520. The van der Waals surface area contributed by atoms with Gasteiger partial charge >= 0.3 is 0 Å². The molecular weight excluding hydrogens is 256 g/mol. The Morgan fingerprint density at radius 1 is 1.45 bits per heavy atom. The van der Waals surface area contributed by atoms with Gasteiger partial charge in [0.15, 0.2) is 0 Å². The highest BCUT2D eigenvalue weighted by Gasteiger charge is 2.35. The zero-order valence-electron chi connectivity index (χ0n) is 11.7. The fourth-order valence-corrected chi connectivity index (χ4v) is 3.05. The molecule has 2 fully saturated rings. The Balaban J connectivity index is 1.67. The number of piperazine rings is 1. The van der Waals surface area contributed by atoms with Crippen LogP contribution in [0.2, 0.25) is 0 Å². The molecule has 108 valence electrons. The van der Waals surface area contributed by atoms with Gasteiger partial charge in [-0.15, -0.1) is 0 Å². The predicted octanol–water partition coefficient (Wildman–Crippen LogP) is -0.123. The Morgan fingerprint density at radius 3 is 3.10 bits per heavy atom. The molecule has 1 amide bonds. The Hall–Kier alpha value is -1.73. The number of anilines is 1. The molecule has 2 aliphatic rings. The van der Waals surface area contributed by atoms with Gasteiger partial charge in [-0.3, -0.25) is 9.69 Å². The second-order valence-electron chi connectivity index (χ2n) is 5.47. The monoisotopic (exact) mass is 276 g/mol. The number of nitrogens with zero attached hydrogens (tertiary/aromatic N) is 4. The van der Waals surface area contributed by atoms with E-state index in [1.165, 1.54) is 0 Å². The number of aromatic nitrogens is 2. The number of nitrogens with one attached hydrogen (secondary N) is 1. The van der Waals surface area contributed by atoms with E-state index in [4.69, 9.17) is 5.84 Å². The van der Waals surface area contributed by atoms with Gasteiger partial charge in [-0.1, -0.05) is 0 Å². The summed E-state index contributed by atoms with van der Waals surface area (Å²) < 4.78 is 0. The molecule has 2 aliphatic heterocycles. The van der Waals surface area contributed by atoms with Gasteiger partial charge in [0.1, 0.15) is 11.6 Å². The minimum Gasteiger partial charge on any atom is -0.337 e. The number of carbonyl (C=O) groups excluding carboxylic acids is 1. The van der Waals surface area contributed by atoms with Crippen molar-refractivity contribution in [3.05, 3.63) is 17.6 Å². The lowest BCUT2D eigenvalue weighted by Crippen LogP contribution is -2.51. The first-order valence-corrected chi connectivity index (χ1v) is 6.98. The summed E-state index contributed by atoms with van der Waals surface area (Å²) in [7, 11) is 0. The molecular formula is C13H20N6O. The number of fused-ring (bicyclic) bond motifs is 1. The summed E-state index contributed by atoms with van der Waals surface area (Å²) in [5, 5.41) is 0. The number of nitrogens with two attached hydrogens (primary N) is 1. The first kappa shape index (κ1) is 13.3. The molecule has 3 N–H and O–H groups in total. The first-order chi connectivity index (χ1) is 9.65. The minimum absolute atomic E-state index is 0.302. The molecule has 1 atom stereocenters. The molecule has 7 heteroatoms. The van der Waals surface area contributed by atoms with E-state index in [-0.39, 0.29) is 0 Å². The van der Waals surface area contributed by atoms with E-state index in [0.29, 0.717) is 30.7 Å². The maximum atomic E-state index is 11.7. The van der Waals surface area contributed by atoms with Gasteiger partial charge in [0, 0.05) is 43.9 Å². The highest BCUT2D eigenvalue weighted by Crippen LogP contribution is 2.23. The third kappa shape index (κ3) is 2.59. The van der Waals surface area contributed by atoms with Crippen molar-refractivity contribution in [1.82, 2.24) is 19.8 Å². The molecule has 1 aromatic heterocycles. The lowest BCUT2D eigenvalue weighted by atomic mass is 10.1. The highest BCUT2D eigenvalue weighted by molar-refractivity contribution is 5.78. The predicted molar refractivity (Wildman–Crippen MR) is 74.6 cm³/mol. The average Bonchev–Trinajstić information content (AvgIpc) is 2.79. The maximum Gasteiger partial charge on any atom is 0.222 e. The smallest absolute Gasteiger partial charge is 0.222 e. The Morgan fingerprint density at radius 2 is 2.30 bits per heavy atom. The number of carbonyl (C=O) groups is 1. The second kappa shape index (κ2) is 5.34. The molecule has 1 aromatic rings. The number of amides is 1. The summed E-state index contributed by atoms with van der Waals surface area (Å²) in [6.07, 6.45) is 1.67. The van der Waals surface area contributed by atoms with E-state index in [1.807, 2.05) is 17.9 Å². The van der Waals surface area contributed by atoms with E-state index >= 15 is 0 Å². The molecule has 0 bridgehead atoms. The van der Waals surface area contributed by atoms with Crippen LogP contribution >= 0.6 is 0 Å². The third-order valence-corrected chi connectivity index (χ3v) is 3.99. The number of rotatable bonds is 3.